The van der Waals surface area contributed by atoms with Crippen LogP contribution in [0, 0.1) is 0 Å². The highest BCUT2D eigenvalue weighted by molar-refractivity contribution is 5.96. The Morgan fingerprint density at radius 2 is 1.84 bits per heavy atom. The van der Waals surface area contributed by atoms with Crippen LogP contribution >= 0.6 is 0 Å². The van der Waals surface area contributed by atoms with Crippen molar-refractivity contribution in [1.82, 2.24) is 15.1 Å². The Hall–Kier alpha value is -2.96. The van der Waals surface area contributed by atoms with Gasteiger partial charge in [-0.15, -0.1) is 0 Å². The topological polar surface area (TPSA) is 65.8 Å². The Kier molecular flexibility index (Phi) is 5.12. The fourth-order valence-corrected chi connectivity index (χ4v) is 4.93. The van der Waals surface area contributed by atoms with Crippen LogP contribution in [0.2, 0.25) is 0 Å². The fraction of sp³-hybridized carbons (Fsp3) is 0.360. The number of piperidine rings is 1. The lowest BCUT2D eigenvalue weighted by Crippen LogP contribution is -2.64. The SMILES string of the molecule is CN1CCN(C(=O)c2cccc(-c3cc4ccccc4oc3=O)c2)CC12CCNCC2. The van der Waals surface area contributed by atoms with E-state index in [1.54, 1.807) is 6.07 Å². The van der Waals surface area contributed by atoms with E-state index >= 15 is 0 Å². The zero-order valence-corrected chi connectivity index (χ0v) is 17.8. The summed E-state index contributed by atoms with van der Waals surface area (Å²) in [6.45, 7) is 4.30. The Labute approximate surface area is 181 Å². The lowest BCUT2D eigenvalue weighted by Gasteiger charge is -2.51. The predicted octanol–water partition coefficient (Wildman–Crippen LogP) is 2.97. The highest BCUT2D eigenvalue weighted by Gasteiger charge is 2.41. The van der Waals surface area contributed by atoms with E-state index in [0.29, 0.717) is 28.8 Å². The molecule has 1 aromatic heterocycles. The first-order chi connectivity index (χ1) is 15.1. The maximum atomic E-state index is 13.4. The van der Waals surface area contributed by atoms with E-state index < -0.39 is 5.63 Å². The number of carbonyl (C=O) groups excluding carboxylic acids is 1. The van der Waals surface area contributed by atoms with Gasteiger partial charge in [0.25, 0.3) is 5.91 Å². The van der Waals surface area contributed by atoms with Crippen LogP contribution in [0.15, 0.2) is 63.8 Å². The first-order valence-corrected chi connectivity index (χ1v) is 10.9. The van der Waals surface area contributed by atoms with E-state index in [4.69, 9.17) is 4.42 Å². The van der Waals surface area contributed by atoms with Gasteiger partial charge < -0.3 is 14.6 Å². The van der Waals surface area contributed by atoms with Crippen molar-refractivity contribution < 1.29 is 9.21 Å². The van der Waals surface area contributed by atoms with Crippen LogP contribution in [0.5, 0.6) is 0 Å². The number of rotatable bonds is 2. The third-order valence-corrected chi connectivity index (χ3v) is 6.88. The summed E-state index contributed by atoms with van der Waals surface area (Å²) in [7, 11) is 2.17. The molecule has 1 N–H and O–H groups in total. The Morgan fingerprint density at radius 3 is 2.68 bits per heavy atom. The molecule has 0 bridgehead atoms. The summed E-state index contributed by atoms with van der Waals surface area (Å²) in [5.74, 6) is 0.0260. The zero-order chi connectivity index (χ0) is 21.4. The molecule has 3 heterocycles. The monoisotopic (exact) mass is 417 g/mol. The number of nitrogens with one attached hydrogen (secondary N) is 1. The van der Waals surface area contributed by atoms with Gasteiger partial charge in [0.05, 0.1) is 5.56 Å². The number of carbonyl (C=O) groups is 1. The van der Waals surface area contributed by atoms with Gasteiger partial charge in [0.1, 0.15) is 5.58 Å². The van der Waals surface area contributed by atoms with Crippen LogP contribution in [0.1, 0.15) is 23.2 Å². The second-order valence-corrected chi connectivity index (χ2v) is 8.69. The van der Waals surface area contributed by atoms with E-state index in [2.05, 4.69) is 17.3 Å². The van der Waals surface area contributed by atoms with Crippen LogP contribution in [0.3, 0.4) is 0 Å². The van der Waals surface area contributed by atoms with Gasteiger partial charge in [0.2, 0.25) is 0 Å². The summed E-state index contributed by atoms with van der Waals surface area (Å²) >= 11 is 0. The minimum absolute atomic E-state index is 0.0260. The molecule has 6 heteroatoms. The molecule has 31 heavy (non-hydrogen) atoms. The third-order valence-electron chi connectivity index (χ3n) is 6.88. The maximum Gasteiger partial charge on any atom is 0.344 e. The summed E-state index contributed by atoms with van der Waals surface area (Å²) in [6, 6.07) is 16.6. The molecule has 0 unspecified atom stereocenters. The van der Waals surface area contributed by atoms with Crippen molar-refractivity contribution >= 4 is 16.9 Å². The van der Waals surface area contributed by atoms with Gasteiger partial charge in [-0.2, -0.15) is 0 Å². The van der Waals surface area contributed by atoms with Crippen LogP contribution in [0.25, 0.3) is 22.1 Å². The third kappa shape index (κ3) is 3.66. The summed E-state index contributed by atoms with van der Waals surface area (Å²) in [5, 5.41) is 4.29. The molecular formula is C25H27N3O3. The van der Waals surface area contributed by atoms with Crippen molar-refractivity contribution in [2.24, 2.45) is 0 Å². The first kappa shape index (κ1) is 20.0. The second-order valence-electron chi connectivity index (χ2n) is 8.69. The van der Waals surface area contributed by atoms with Gasteiger partial charge in [-0.25, -0.2) is 4.79 Å². The van der Waals surface area contributed by atoms with E-state index in [9.17, 15) is 9.59 Å². The van der Waals surface area contributed by atoms with Crippen LogP contribution in [-0.2, 0) is 0 Å². The molecule has 6 nitrogen and oxygen atoms in total. The number of benzene rings is 2. The number of hydrogen-bond acceptors (Lipinski definition) is 5. The zero-order valence-electron chi connectivity index (χ0n) is 17.8. The maximum absolute atomic E-state index is 13.4. The molecular weight excluding hydrogens is 390 g/mol. The van der Waals surface area contributed by atoms with E-state index in [0.717, 1.165) is 44.4 Å². The van der Waals surface area contributed by atoms with Crippen molar-refractivity contribution in [1.29, 1.82) is 0 Å². The number of piperazine rings is 1. The van der Waals surface area contributed by atoms with Gasteiger partial charge in [0.15, 0.2) is 0 Å². The lowest BCUT2D eigenvalue weighted by molar-refractivity contribution is -0.000975. The van der Waals surface area contributed by atoms with Crippen molar-refractivity contribution in [3.05, 3.63) is 70.6 Å². The lowest BCUT2D eigenvalue weighted by atomic mass is 9.84. The minimum Gasteiger partial charge on any atom is -0.422 e. The average Bonchev–Trinajstić information content (AvgIpc) is 2.81. The molecule has 160 valence electrons. The predicted molar refractivity (Wildman–Crippen MR) is 121 cm³/mol. The quantitative estimate of drug-likeness (QED) is 0.650. The molecule has 0 aliphatic carbocycles. The van der Waals surface area contributed by atoms with Gasteiger partial charge in [0, 0.05) is 36.1 Å². The van der Waals surface area contributed by atoms with E-state index in [-0.39, 0.29) is 11.4 Å². The number of nitrogens with zero attached hydrogens (tertiary/aromatic N) is 2. The highest BCUT2D eigenvalue weighted by atomic mass is 16.4. The summed E-state index contributed by atoms with van der Waals surface area (Å²) < 4.78 is 5.49. The molecule has 0 saturated carbocycles. The van der Waals surface area contributed by atoms with E-state index in [1.165, 1.54) is 0 Å². The number of likely N-dealkylation sites (N-methyl/N-ethyl adjacent to an activating group) is 1. The number of para-hydroxylation sites is 1. The van der Waals surface area contributed by atoms with Crippen molar-refractivity contribution in [3.8, 4) is 11.1 Å². The van der Waals surface area contributed by atoms with Crippen LogP contribution in [0.4, 0.5) is 0 Å². The Balaban J connectivity index is 1.44. The van der Waals surface area contributed by atoms with E-state index in [1.807, 2.05) is 53.4 Å². The molecule has 2 fully saturated rings. The fourth-order valence-electron chi connectivity index (χ4n) is 4.93. The summed E-state index contributed by atoms with van der Waals surface area (Å²) in [4.78, 5) is 30.4. The second kappa shape index (κ2) is 7.94. The summed E-state index contributed by atoms with van der Waals surface area (Å²) in [6.07, 6.45) is 2.09. The Bertz CT molecular complexity index is 1180. The Morgan fingerprint density at radius 1 is 1.03 bits per heavy atom. The van der Waals surface area contributed by atoms with Gasteiger partial charge in [-0.1, -0.05) is 30.3 Å². The molecule has 0 radical (unpaired) electrons. The molecule has 2 aromatic carbocycles. The molecule has 2 saturated heterocycles. The highest BCUT2D eigenvalue weighted by Crippen LogP contribution is 2.30. The molecule has 2 aliphatic heterocycles. The standard InChI is InChI=1S/C25H27N3O3/c1-27-13-14-28(17-25(27)9-11-26-12-10-25)23(29)20-7-4-6-18(15-20)21-16-19-5-2-3-8-22(19)31-24(21)30/h2-8,15-16,26H,9-14,17H2,1H3. The van der Waals surface area contributed by atoms with Crippen molar-refractivity contribution in [2.75, 3.05) is 39.8 Å². The van der Waals surface area contributed by atoms with Gasteiger partial charge in [-0.3, -0.25) is 9.69 Å². The molecule has 1 amide bonds. The van der Waals surface area contributed by atoms with Crippen molar-refractivity contribution in [2.45, 2.75) is 18.4 Å². The molecule has 1 spiro atoms. The van der Waals surface area contributed by atoms with Gasteiger partial charge in [-0.05, 0) is 62.8 Å². The minimum atomic E-state index is -0.392. The number of hydrogen-bond donors (Lipinski definition) is 1. The number of amides is 1. The number of fused-ring (bicyclic) bond motifs is 1. The van der Waals surface area contributed by atoms with Crippen LogP contribution < -0.4 is 10.9 Å². The normalized spacial score (nSPS) is 19.1. The van der Waals surface area contributed by atoms with Crippen LogP contribution in [-0.4, -0.2) is 61.0 Å². The largest absolute Gasteiger partial charge is 0.422 e. The molecule has 5 rings (SSSR count). The first-order valence-electron chi connectivity index (χ1n) is 10.9. The molecule has 3 aromatic rings. The summed E-state index contributed by atoms with van der Waals surface area (Å²) in [5.41, 5.74) is 2.01. The van der Waals surface area contributed by atoms with Crippen molar-refractivity contribution in [3.63, 3.8) is 0 Å². The molecule has 0 atom stereocenters. The average molecular weight is 418 g/mol. The molecule has 2 aliphatic rings. The smallest absolute Gasteiger partial charge is 0.344 e. The van der Waals surface area contributed by atoms with Gasteiger partial charge >= 0.3 is 5.63 Å².